The molecule has 1 unspecified atom stereocenters. The molecule has 0 aliphatic carbocycles. The monoisotopic (exact) mass is 1010 g/mol. The molecule has 0 rings (SSSR count). The Balaban J connectivity index is 4.07. The minimum Gasteiger partial charge on any atom is -0.462 e. The Morgan fingerprint density at radius 3 is 0.833 bits per heavy atom. The summed E-state index contributed by atoms with van der Waals surface area (Å²) in [5, 5.41) is 0. The van der Waals surface area contributed by atoms with Crippen LogP contribution < -0.4 is 0 Å². The SMILES string of the molecule is CCCC/C=C\CCCCCCCC(=O)OCC(COC(=O)CCCCCCCCCCCCCCCCCC/C=C\C/C=C\C/C=C\CCCCCCC)OC(=O)CCCCCCCCCCCCCC. The number of rotatable bonds is 58. The van der Waals surface area contributed by atoms with E-state index < -0.39 is 6.10 Å². The topological polar surface area (TPSA) is 78.9 Å². The highest BCUT2D eigenvalue weighted by Crippen LogP contribution is 2.17. The highest BCUT2D eigenvalue weighted by atomic mass is 16.6. The number of carbonyl (C=O) groups excluding carboxylic acids is 3. The lowest BCUT2D eigenvalue weighted by Gasteiger charge is -2.18. The fourth-order valence-corrected chi connectivity index (χ4v) is 9.26. The number of carbonyl (C=O) groups is 3. The molecule has 420 valence electrons. The number of allylic oxidation sites excluding steroid dienone is 8. The van der Waals surface area contributed by atoms with Gasteiger partial charge < -0.3 is 14.2 Å². The Kier molecular flexibility index (Phi) is 58.7. The molecule has 0 fully saturated rings. The summed E-state index contributed by atoms with van der Waals surface area (Å²) in [7, 11) is 0. The van der Waals surface area contributed by atoms with Crippen LogP contribution in [0.15, 0.2) is 48.6 Å². The van der Waals surface area contributed by atoms with Crippen molar-refractivity contribution in [2.75, 3.05) is 13.2 Å². The quantitative estimate of drug-likeness (QED) is 0.0261. The molecule has 0 bridgehead atoms. The first kappa shape index (κ1) is 69.4. The van der Waals surface area contributed by atoms with E-state index in [9.17, 15) is 14.4 Å². The van der Waals surface area contributed by atoms with Crippen LogP contribution in [0, 0.1) is 0 Å². The zero-order valence-corrected chi connectivity index (χ0v) is 48.2. The van der Waals surface area contributed by atoms with Crippen LogP contribution in [-0.4, -0.2) is 37.2 Å². The molecule has 6 nitrogen and oxygen atoms in total. The van der Waals surface area contributed by atoms with Gasteiger partial charge in [-0.2, -0.15) is 0 Å². The molecule has 0 spiro atoms. The summed E-state index contributed by atoms with van der Waals surface area (Å²) in [5.41, 5.74) is 0. The van der Waals surface area contributed by atoms with Gasteiger partial charge in [-0.05, 0) is 77.0 Å². The highest BCUT2D eigenvalue weighted by Gasteiger charge is 2.19. The molecule has 0 aromatic rings. The molecule has 0 N–H and O–H groups in total. The van der Waals surface area contributed by atoms with Crippen LogP contribution in [0.3, 0.4) is 0 Å². The average molecular weight is 1010 g/mol. The highest BCUT2D eigenvalue weighted by molar-refractivity contribution is 5.71. The third-order valence-corrected chi connectivity index (χ3v) is 14.1. The second-order valence-electron chi connectivity index (χ2n) is 21.3. The average Bonchev–Trinajstić information content (AvgIpc) is 3.38. The van der Waals surface area contributed by atoms with E-state index in [1.807, 2.05) is 0 Å². The molecular weight excluding hydrogens is 889 g/mol. The van der Waals surface area contributed by atoms with E-state index in [-0.39, 0.29) is 31.1 Å². The summed E-state index contributed by atoms with van der Waals surface area (Å²) < 4.78 is 16.9. The van der Waals surface area contributed by atoms with Gasteiger partial charge in [0.15, 0.2) is 6.10 Å². The van der Waals surface area contributed by atoms with Crippen molar-refractivity contribution in [3.8, 4) is 0 Å². The number of esters is 3. The van der Waals surface area contributed by atoms with Crippen LogP contribution in [0.2, 0.25) is 0 Å². The van der Waals surface area contributed by atoms with Crippen molar-refractivity contribution in [2.24, 2.45) is 0 Å². The molecule has 0 aromatic heterocycles. The zero-order chi connectivity index (χ0) is 52.2. The van der Waals surface area contributed by atoms with E-state index >= 15 is 0 Å². The molecule has 0 aliphatic heterocycles. The lowest BCUT2D eigenvalue weighted by atomic mass is 10.0. The van der Waals surface area contributed by atoms with Crippen molar-refractivity contribution in [1.29, 1.82) is 0 Å². The number of unbranched alkanes of at least 4 members (excludes halogenated alkanes) is 39. The van der Waals surface area contributed by atoms with Gasteiger partial charge in [0, 0.05) is 19.3 Å². The van der Waals surface area contributed by atoms with Crippen molar-refractivity contribution < 1.29 is 28.6 Å². The molecule has 0 aliphatic rings. The fraction of sp³-hybridized carbons (Fsp3) is 0.833. The van der Waals surface area contributed by atoms with Gasteiger partial charge in [-0.3, -0.25) is 14.4 Å². The Labute approximate surface area is 448 Å². The van der Waals surface area contributed by atoms with Crippen molar-refractivity contribution in [1.82, 2.24) is 0 Å². The van der Waals surface area contributed by atoms with E-state index in [4.69, 9.17) is 14.2 Å². The summed E-state index contributed by atoms with van der Waals surface area (Å²) >= 11 is 0. The standard InChI is InChI=1S/C66H120O6/c1-4-7-10-13-16-19-22-24-25-26-27-28-29-30-31-32-33-34-35-36-37-38-39-40-41-42-45-47-50-53-56-59-65(68)71-62-63(61-70-64(67)58-55-52-49-46-43-21-18-15-12-9-6-3)72-66(69)60-57-54-51-48-44-23-20-17-14-11-8-5-2/h15,18,22,24,26-27,29-30,63H,4-14,16-17,19-21,23,25,28,31-62H2,1-3H3/b18-15-,24-22-,27-26-,30-29-. The Hall–Kier alpha value is -2.63. The molecule has 0 radical (unpaired) electrons. The van der Waals surface area contributed by atoms with Gasteiger partial charge in [-0.25, -0.2) is 0 Å². The third-order valence-electron chi connectivity index (χ3n) is 14.1. The van der Waals surface area contributed by atoms with Crippen molar-refractivity contribution in [2.45, 2.75) is 341 Å². The van der Waals surface area contributed by atoms with Crippen molar-refractivity contribution in [3.63, 3.8) is 0 Å². The summed E-state index contributed by atoms with van der Waals surface area (Å²) in [6, 6.07) is 0. The lowest BCUT2D eigenvalue weighted by Crippen LogP contribution is -2.30. The van der Waals surface area contributed by atoms with Gasteiger partial charge >= 0.3 is 17.9 Å². The van der Waals surface area contributed by atoms with E-state index in [1.54, 1.807) is 0 Å². The summed E-state index contributed by atoms with van der Waals surface area (Å²) in [6.07, 6.45) is 75.6. The maximum Gasteiger partial charge on any atom is 0.306 e. The molecule has 6 heteroatoms. The molecule has 0 heterocycles. The first-order chi connectivity index (χ1) is 35.5. The van der Waals surface area contributed by atoms with E-state index in [2.05, 4.69) is 69.4 Å². The minimum atomic E-state index is -0.772. The Morgan fingerprint density at radius 1 is 0.278 bits per heavy atom. The van der Waals surface area contributed by atoms with E-state index in [1.165, 1.54) is 218 Å². The van der Waals surface area contributed by atoms with Gasteiger partial charge in [0.2, 0.25) is 0 Å². The Bertz CT molecular complexity index is 1250. The third kappa shape index (κ3) is 58.3. The second kappa shape index (κ2) is 60.9. The van der Waals surface area contributed by atoms with Gasteiger partial charge in [-0.1, -0.05) is 288 Å². The van der Waals surface area contributed by atoms with Gasteiger partial charge in [0.05, 0.1) is 0 Å². The number of ether oxygens (including phenoxy) is 3. The van der Waals surface area contributed by atoms with Gasteiger partial charge in [0.25, 0.3) is 0 Å². The van der Waals surface area contributed by atoms with Crippen LogP contribution >= 0.6 is 0 Å². The van der Waals surface area contributed by atoms with Crippen molar-refractivity contribution in [3.05, 3.63) is 48.6 Å². The fourth-order valence-electron chi connectivity index (χ4n) is 9.26. The van der Waals surface area contributed by atoms with Crippen LogP contribution in [-0.2, 0) is 28.6 Å². The molecule has 1 atom stereocenters. The zero-order valence-electron chi connectivity index (χ0n) is 48.2. The molecule has 0 saturated carbocycles. The number of hydrogen-bond donors (Lipinski definition) is 0. The summed E-state index contributed by atoms with van der Waals surface area (Å²) in [6.45, 7) is 6.61. The van der Waals surface area contributed by atoms with Gasteiger partial charge in [0.1, 0.15) is 13.2 Å². The van der Waals surface area contributed by atoms with Crippen LogP contribution in [0.5, 0.6) is 0 Å². The van der Waals surface area contributed by atoms with Gasteiger partial charge in [-0.15, -0.1) is 0 Å². The number of hydrogen-bond acceptors (Lipinski definition) is 6. The first-order valence-electron chi connectivity index (χ1n) is 31.6. The maximum absolute atomic E-state index is 12.8. The largest absolute Gasteiger partial charge is 0.462 e. The van der Waals surface area contributed by atoms with Crippen LogP contribution in [0.4, 0.5) is 0 Å². The second-order valence-corrected chi connectivity index (χ2v) is 21.3. The molecule has 0 aromatic carbocycles. The maximum atomic E-state index is 12.8. The predicted octanol–water partition coefficient (Wildman–Crippen LogP) is 21.4. The minimum absolute atomic E-state index is 0.0714. The molecular formula is C66H120O6. The van der Waals surface area contributed by atoms with Crippen LogP contribution in [0.25, 0.3) is 0 Å². The Morgan fingerprint density at radius 2 is 0.514 bits per heavy atom. The molecule has 0 amide bonds. The normalized spacial score (nSPS) is 12.3. The molecule has 0 saturated heterocycles. The van der Waals surface area contributed by atoms with E-state index in [0.29, 0.717) is 19.3 Å². The first-order valence-corrected chi connectivity index (χ1v) is 31.6. The van der Waals surface area contributed by atoms with Crippen LogP contribution in [0.1, 0.15) is 335 Å². The van der Waals surface area contributed by atoms with Crippen molar-refractivity contribution >= 4 is 17.9 Å². The summed E-state index contributed by atoms with van der Waals surface area (Å²) in [5.74, 6) is -0.865. The smallest absolute Gasteiger partial charge is 0.306 e. The molecule has 72 heavy (non-hydrogen) atoms. The van der Waals surface area contributed by atoms with E-state index in [0.717, 1.165) is 77.0 Å². The summed E-state index contributed by atoms with van der Waals surface area (Å²) in [4.78, 5) is 38.1. The lowest BCUT2D eigenvalue weighted by molar-refractivity contribution is -0.167. The predicted molar refractivity (Wildman–Crippen MR) is 312 cm³/mol.